The third-order valence-electron chi connectivity index (χ3n) is 3.15. The molecular formula is C24H42O15. The molecule has 15 heteroatoms. The maximum atomic E-state index is 10.8. The van der Waals surface area contributed by atoms with Crippen molar-refractivity contribution in [3.05, 3.63) is 0 Å². The molecule has 228 valence electrons. The van der Waals surface area contributed by atoms with E-state index in [9.17, 15) is 28.8 Å². The lowest BCUT2D eigenvalue weighted by atomic mass is 10.5. The third kappa shape index (κ3) is 42.1. The van der Waals surface area contributed by atoms with Crippen molar-refractivity contribution in [2.45, 2.75) is 48.0 Å². The Kier molecular flexibility index (Phi) is 31.9. The zero-order valence-corrected chi connectivity index (χ0v) is 23.6. The molecule has 0 aromatic heterocycles. The molecule has 0 aliphatic carbocycles. The minimum atomic E-state index is -0.468. The van der Waals surface area contributed by atoms with Gasteiger partial charge in [0.25, 0.3) is 0 Å². The van der Waals surface area contributed by atoms with Gasteiger partial charge in [-0.15, -0.1) is 0 Å². The van der Waals surface area contributed by atoms with Crippen molar-refractivity contribution in [3.63, 3.8) is 0 Å². The first kappa shape index (κ1) is 40.2. The maximum Gasteiger partial charge on any atom is 0.332 e. The molecule has 0 atom stereocenters. The lowest BCUT2D eigenvalue weighted by molar-refractivity contribution is -0.163. The predicted octanol–water partition coefficient (Wildman–Crippen LogP) is 0.735. The van der Waals surface area contributed by atoms with Crippen molar-refractivity contribution in [2.75, 3.05) is 72.9 Å². The number of hydrogen-bond donors (Lipinski definition) is 0. The predicted molar refractivity (Wildman–Crippen MR) is 132 cm³/mol. The molecule has 0 saturated carbocycles. The highest BCUT2D eigenvalue weighted by Gasteiger charge is 2.03. The second-order valence-corrected chi connectivity index (χ2v) is 6.72. The van der Waals surface area contributed by atoms with Gasteiger partial charge in [-0.3, -0.25) is 14.4 Å². The van der Waals surface area contributed by atoms with Crippen LogP contribution in [0.3, 0.4) is 0 Å². The van der Waals surface area contributed by atoms with Crippen molar-refractivity contribution in [2.24, 2.45) is 0 Å². The van der Waals surface area contributed by atoms with Crippen molar-refractivity contribution < 1.29 is 71.4 Å². The Morgan fingerprint density at radius 3 is 1.18 bits per heavy atom. The number of hydrogen-bond acceptors (Lipinski definition) is 15. The van der Waals surface area contributed by atoms with E-state index in [0.29, 0.717) is 19.8 Å². The van der Waals surface area contributed by atoms with Gasteiger partial charge >= 0.3 is 35.8 Å². The molecule has 0 aromatic rings. The van der Waals surface area contributed by atoms with Crippen molar-refractivity contribution >= 4 is 35.8 Å². The summed E-state index contributed by atoms with van der Waals surface area (Å²) in [5, 5.41) is 0. The smallest absolute Gasteiger partial charge is 0.332 e. The van der Waals surface area contributed by atoms with E-state index in [4.69, 9.17) is 14.2 Å². The maximum absolute atomic E-state index is 10.8. The second kappa shape index (κ2) is 30.9. The summed E-state index contributed by atoms with van der Waals surface area (Å²) in [5.74, 6) is -2.44. The highest BCUT2D eigenvalue weighted by molar-refractivity contribution is 5.71. The van der Waals surface area contributed by atoms with Crippen LogP contribution in [0.4, 0.5) is 0 Å². The fourth-order valence-electron chi connectivity index (χ4n) is 1.71. The first-order valence-electron chi connectivity index (χ1n) is 12.1. The average molecular weight is 571 g/mol. The van der Waals surface area contributed by atoms with E-state index in [1.807, 2.05) is 6.92 Å². The molecule has 0 radical (unpaired) electrons. The summed E-state index contributed by atoms with van der Waals surface area (Å²) < 4.78 is 41.8. The highest BCUT2D eigenvalue weighted by Crippen LogP contribution is 1.86. The molecule has 0 spiro atoms. The topological polar surface area (TPSA) is 185 Å². The molecule has 0 fully saturated rings. The van der Waals surface area contributed by atoms with Crippen LogP contribution in [0.5, 0.6) is 0 Å². The number of carbonyl (C=O) groups is 6. The Bertz CT molecular complexity index is 678. The van der Waals surface area contributed by atoms with Gasteiger partial charge in [0.2, 0.25) is 0 Å². The van der Waals surface area contributed by atoms with Gasteiger partial charge in [0.1, 0.15) is 33.0 Å². The van der Waals surface area contributed by atoms with E-state index in [0.717, 1.165) is 6.42 Å². The summed E-state index contributed by atoms with van der Waals surface area (Å²) in [5.41, 5.74) is 0. The molecule has 0 bridgehead atoms. The van der Waals surface area contributed by atoms with Gasteiger partial charge in [0, 0.05) is 20.8 Å². The van der Waals surface area contributed by atoms with Crippen molar-refractivity contribution in [1.82, 2.24) is 0 Å². The fourth-order valence-corrected chi connectivity index (χ4v) is 1.71. The van der Waals surface area contributed by atoms with Gasteiger partial charge in [0.15, 0.2) is 6.79 Å². The summed E-state index contributed by atoms with van der Waals surface area (Å²) in [6.45, 7) is 10.4. The third-order valence-corrected chi connectivity index (χ3v) is 3.15. The van der Waals surface area contributed by atoms with Crippen LogP contribution in [0.1, 0.15) is 48.0 Å². The lowest BCUT2D eigenvalue weighted by Gasteiger charge is -2.04. The Hall–Kier alpha value is -3.30. The van der Waals surface area contributed by atoms with Gasteiger partial charge < -0.3 is 42.6 Å². The normalized spacial score (nSPS) is 9.38. The van der Waals surface area contributed by atoms with Crippen LogP contribution in [0.15, 0.2) is 0 Å². The number of rotatable bonds is 18. The van der Waals surface area contributed by atoms with Gasteiger partial charge in [-0.1, -0.05) is 6.92 Å². The minimum absolute atomic E-state index is 0.0960. The van der Waals surface area contributed by atoms with Gasteiger partial charge in [0.05, 0.1) is 33.0 Å². The molecule has 0 N–H and O–H groups in total. The molecule has 0 rings (SSSR count). The molecule has 0 unspecified atom stereocenters. The first-order valence-corrected chi connectivity index (χ1v) is 12.1. The molecule has 0 saturated heterocycles. The summed E-state index contributed by atoms with van der Waals surface area (Å²) in [6, 6.07) is 0. The molecule has 0 aliphatic rings. The zero-order valence-electron chi connectivity index (χ0n) is 23.6. The average Bonchev–Trinajstić information content (AvgIpc) is 2.85. The molecular weight excluding hydrogens is 528 g/mol. The van der Waals surface area contributed by atoms with Crippen LogP contribution in [-0.4, -0.2) is 109 Å². The van der Waals surface area contributed by atoms with Gasteiger partial charge in [-0.25, -0.2) is 14.4 Å². The van der Waals surface area contributed by atoms with E-state index < -0.39 is 23.9 Å². The SMILES string of the molecule is CCCOC(=O)COCCOC(C)=O.CCOC(=O)COCCOC(C)=O.CCOC(=O)COCOC(C)=O. The van der Waals surface area contributed by atoms with Crippen LogP contribution < -0.4 is 0 Å². The van der Waals surface area contributed by atoms with Crippen LogP contribution >= 0.6 is 0 Å². The molecule has 0 amide bonds. The van der Waals surface area contributed by atoms with Crippen molar-refractivity contribution in [3.8, 4) is 0 Å². The lowest BCUT2D eigenvalue weighted by Crippen LogP contribution is -2.16. The van der Waals surface area contributed by atoms with Crippen LogP contribution in [0, 0.1) is 0 Å². The van der Waals surface area contributed by atoms with Crippen molar-refractivity contribution in [1.29, 1.82) is 0 Å². The molecule has 0 aliphatic heterocycles. The van der Waals surface area contributed by atoms with Gasteiger partial charge in [-0.05, 0) is 20.3 Å². The van der Waals surface area contributed by atoms with E-state index >= 15 is 0 Å². The minimum Gasteiger partial charge on any atom is -0.464 e. The standard InChI is InChI=1S/C9H16O5.C8H14O5.C7H12O5/c1-3-4-14-9(11)7-12-5-6-13-8(2)10;1-3-12-8(10)6-11-4-5-13-7(2)9;1-3-11-7(9)4-10-5-12-6(2)8/h3-7H2,1-2H3;3-6H2,1-2H3;3-5H2,1-2H3. The van der Waals surface area contributed by atoms with Gasteiger partial charge in [-0.2, -0.15) is 0 Å². The fraction of sp³-hybridized carbons (Fsp3) is 0.750. The van der Waals surface area contributed by atoms with E-state index in [-0.39, 0.29) is 65.0 Å². The summed E-state index contributed by atoms with van der Waals surface area (Å²) in [7, 11) is 0. The van der Waals surface area contributed by atoms with E-state index in [2.05, 4.69) is 28.4 Å². The van der Waals surface area contributed by atoms with E-state index in [1.54, 1.807) is 13.8 Å². The van der Waals surface area contributed by atoms with Crippen LogP contribution in [0.25, 0.3) is 0 Å². The molecule has 39 heavy (non-hydrogen) atoms. The van der Waals surface area contributed by atoms with Crippen LogP contribution in [-0.2, 0) is 71.4 Å². The zero-order chi connectivity index (χ0) is 30.3. The molecule has 0 heterocycles. The molecule has 0 aromatic carbocycles. The number of ether oxygens (including phenoxy) is 9. The monoisotopic (exact) mass is 570 g/mol. The Balaban J connectivity index is -0.000000500. The summed E-state index contributed by atoms with van der Waals surface area (Å²) in [6.07, 6.45) is 0.791. The highest BCUT2D eigenvalue weighted by atomic mass is 16.7. The number of esters is 6. The molecule has 15 nitrogen and oxygen atoms in total. The Labute approximate surface area is 228 Å². The summed E-state index contributed by atoms with van der Waals surface area (Å²) in [4.78, 5) is 62.9. The Morgan fingerprint density at radius 1 is 0.436 bits per heavy atom. The first-order chi connectivity index (χ1) is 18.5. The second-order valence-electron chi connectivity index (χ2n) is 6.72. The quantitative estimate of drug-likeness (QED) is 0.0971. The summed E-state index contributed by atoms with van der Waals surface area (Å²) >= 11 is 0. The van der Waals surface area contributed by atoms with E-state index in [1.165, 1.54) is 20.8 Å². The Morgan fingerprint density at radius 2 is 0.821 bits per heavy atom. The number of carbonyl (C=O) groups excluding carboxylic acids is 6. The largest absolute Gasteiger partial charge is 0.464 e. The van der Waals surface area contributed by atoms with Crippen LogP contribution in [0.2, 0.25) is 0 Å².